The predicted molar refractivity (Wildman–Crippen MR) is 98.6 cm³/mol. The lowest BCUT2D eigenvalue weighted by Gasteiger charge is -2.27. The summed E-state index contributed by atoms with van der Waals surface area (Å²) in [6.45, 7) is 0. The van der Waals surface area contributed by atoms with Crippen LogP contribution in [0.15, 0.2) is 36.4 Å². The molecule has 1 aliphatic rings. The zero-order chi connectivity index (χ0) is 18.8. The van der Waals surface area contributed by atoms with E-state index in [1.54, 1.807) is 30.3 Å². The normalized spacial score (nSPS) is 17.3. The zero-order valence-electron chi connectivity index (χ0n) is 13.7. The van der Waals surface area contributed by atoms with E-state index in [4.69, 9.17) is 28.3 Å². The van der Waals surface area contributed by atoms with E-state index >= 15 is 0 Å². The summed E-state index contributed by atoms with van der Waals surface area (Å²) in [5, 5.41) is 22.4. The molecule has 5 nitrogen and oxygen atoms in total. The smallest absolute Gasteiger partial charge is 0.337 e. The number of carboxylic acids is 1. The highest BCUT2D eigenvalue weighted by Gasteiger charge is 2.25. The summed E-state index contributed by atoms with van der Waals surface area (Å²) in [5.41, 5.74) is 2.64. The van der Waals surface area contributed by atoms with Crippen LogP contribution in [0.25, 0.3) is 0 Å². The molecule has 1 amide bonds. The van der Waals surface area contributed by atoms with E-state index < -0.39 is 12.1 Å². The summed E-state index contributed by atoms with van der Waals surface area (Å²) in [4.78, 5) is 23.5. The summed E-state index contributed by atoms with van der Waals surface area (Å²) in [7, 11) is 0. The second-order valence-corrected chi connectivity index (χ2v) is 7.06. The highest BCUT2D eigenvalue weighted by Crippen LogP contribution is 2.32. The van der Waals surface area contributed by atoms with Gasteiger partial charge in [-0.25, -0.2) is 4.79 Å². The van der Waals surface area contributed by atoms with Gasteiger partial charge >= 0.3 is 5.97 Å². The molecule has 2 unspecified atom stereocenters. The molecule has 0 spiro atoms. The number of aryl methyl sites for hydroxylation is 1. The first kappa shape index (κ1) is 18.7. The molecule has 3 rings (SSSR count). The Bertz CT molecular complexity index is 869. The minimum absolute atomic E-state index is 0.184. The Balaban J connectivity index is 1.82. The summed E-state index contributed by atoms with van der Waals surface area (Å²) in [5.74, 6) is -1.54. The molecule has 2 aromatic carbocycles. The average molecular weight is 394 g/mol. The summed E-state index contributed by atoms with van der Waals surface area (Å²) >= 11 is 11.9. The van der Waals surface area contributed by atoms with Gasteiger partial charge in [0.05, 0.1) is 16.1 Å². The van der Waals surface area contributed by atoms with Crippen molar-refractivity contribution in [3.05, 3.63) is 68.7 Å². The van der Waals surface area contributed by atoms with Crippen molar-refractivity contribution >= 4 is 35.1 Å². The number of aliphatic hydroxyl groups is 1. The minimum atomic E-state index is -1.55. The maximum Gasteiger partial charge on any atom is 0.337 e. The predicted octanol–water partition coefficient (Wildman–Crippen LogP) is 3.92. The minimum Gasteiger partial charge on any atom is -0.479 e. The molecule has 0 bridgehead atoms. The van der Waals surface area contributed by atoms with Gasteiger partial charge in [0.25, 0.3) is 5.91 Å². The van der Waals surface area contributed by atoms with Crippen molar-refractivity contribution in [2.24, 2.45) is 0 Å². The lowest BCUT2D eigenvalue weighted by Crippen LogP contribution is -2.31. The largest absolute Gasteiger partial charge is 0.479 e. The molecule has 2 aromatic rings. The Labute approximate surface area is 160 Å². The third-order valence-corrected chi connectivity index (χ3v) is 5.26. The van der Waals surface area contributed by atoms with Gasteiger partial charge in [-0.3, -0.25) is 4.79 Å². The molecule has 136 valence electrons. The molecule has 0 heterocycles. The van der Waals surface area contributed by atoms with Gasteiger partial charge in [-0.05, 0) is 54.2 Å². The van der Waals surface area contributed by atoms with Crippen LogP contribution >= 0.6 is 23.2 Å². The molecule has 3 N–H and O–H groups in total. The number of nitrogens with one attached hydrogen (secondary N) is 1. The van der Waals surface area contributed by atoms with Crippen LogP contribution in [-0.4, -0.2) is 22.1 Å². The number of hydrogen-bond acceptors (Lipinski definition) is 3. The van der Waals surface area contributed by atoms with Crippen LogP contribution in [-0.2, 0) is 11.2 Å². The van der Waals surface area contributed by atoms with Crippen LogP contribution < -0.4 is 5.32 Å². The number of aliphatic carboxylic acids is 1. The van der Waals surface area contributed by atoms with Gasteiger partial charge in [0.1, 0.15) is 0 Å². The molecule has 7 heteroatoms. The standard InChI is InChI=1S/C19H17Cl2NO4/c20-14-7-5-12(9-15(14)21)18(24)22-16-3-1-2-10-8-11(4-6-13(10)16)17(23)19(25)26/h4-9,16-17,23H,1-3H2,(H,22,24)(H,25,26). The second-order valence-electron chi connectivity index (χ2n) is 6.25. The molecular weight excluding hydrogens is 377 g/mol. The number of amides is 1. The van der Waals surface area contributed by atoms with E-state index in [1.165, 1.54) is 6.07 Å². The Hall–Kier alpha value is -2.08. The number of hydrogen-bond donors (Lipinski definition) is 3. The first-order valence-corrected chi connectivity index (χ1v) is 8.92. The van der Waals surface area contributed by atoms with Crippen molar-refractivity contribution < 1.29 is 19.8 Å². The number of carbonyl (C=O) groups is 2. The Morgan fingerprint density at radius 3 is 2.58 bits per heavy atom. The van der Waals surface area contributed by atoms with Gasteiger partial charge in [-0.15, -0.1) is 0 Å². The van der Waals surface area contributed by atoms with Crippen molar-refractivity contribution in [1.29, 1.82) is 0 Å². The number of rotatable bonds is 4. The van der Waals surface area contributed by atoms with E-state index in [0.29, 0.717) is 21.2 Å². The van der Waals surface area contributed by atoms with Crippen molar-refractivity contribution in [3.63, 3.8) is 0 Å². The van der Waals surface area contributed by atoms with Crippen LogP contribution in [0.2, 0.25) is 10.0 Å². The lowest BCUT2D eigenvalue weighted by molar-refractivity contribution is -0.146. The number of fused-ring (bicyclic) bond motifs is 1. The van der Waals surface area contributed by atoms with Crippen molar-refractivity contribution in [2.75, 3.05) is 0 Å². The summed E-state index contributed by atoms with van der Waals surface area (Å²) in [6, 6.07) is 9.58. The second kappa shape index (κ2) is 7.66. The van der Waals surface area contributed by atoms with Gasteiger partial charge in [-0.2, -0.15) is 0 Å². The van der Waals surface area contributed by atoms with Crippen molar-refractivity contribution in [1.82, 2.24) is 5.32 Å². The van der Waals surface area contributed by atoms with Crippen molar-refractivity contribution in [3.8, 4) is 0 Å². The van der Waals surface area contributed by atoms with E-state index in [-0.39, 0.29) is 11.9 Å². The Kier molecular flexibility index (Phi) is 5.51. The fourth-order valence-corrected chi connectivity index (χ4v) is 3.47. The van der Waals surface area contributed by atoms with Gasteiger partial charge in [0.2, 0.25) is 0 Å². The maximum atomic E-state index is 12.5. The fourth-order valence-electron chi connectivity index (χ4n) is 3.18. The Morgan fingerprint density at radius 1 is 1.12 bits per heavy atom. The third kappa shape index (κ3) is 3.85. The van der Waals surface area contributed by atoms with Crippen LogP contribution in [0.5, 0.6) is 0 Å². The molecule has 26 heavy (non-hydrogen) atoms. The van der Waals surface area contributed by atoms with Gasteiger partial charge < -0.3 is 15.5 Å². The number of carbonyl (C=O) groups excluding carboxylic acids is 1. The summed E-state index contributed by atoms with van der Waals surface area (Å²) in [6.07, 6.45) is 0.855. The maximum absolute atomic E-state index is 12.5. The zero-order valence-corrected chi connectivity index (χ0v) is 15.2. The third-order valence-electron chi connectivity index (χ3n) is 4.52. The quantitative estimate of drug-likeness (QED) is 0.734. The molecule has 0 saturated heterocycles. The molecule has 0 fully saturated rings. The van der Waals surface area contributed by atoms with Gasteiger partial charge in [0, 0.05) is 5.56 Å². The summed E-state index contributed by atoms with van der Waals surface area (Å²) < 4.78 is 0. The first-order chi connectivity index (χ1) is 12.4. The van der Waals surface area contributed by atoms with E-state index in [2.05, 4.69) is 5.32 Å². The van der Waals surface area contributed by atoms with E-state index in [0.717, 1.165) is 30.4 Å². The monoisotopic (exact) mass is 393 g/mol. The molecule has 1 aliphatic carbocycles. The molecule has 0 radical (unpaired) electrons. The average Bonchev–Trinajstić information content (AvgIpc) is 2.63. The van der Waals surface area contributed by atoms with E-state index in [9.17, 15) is 14.7 Å². The molecule has 2 atom stereocenters. The lowest BCUT2D eigenvalue weighted by atomic mass is 9.86. The highest BCUT2D eigenvalue weighted by molar-refractivity contribution is 6.42. The highest BCUT2D eigenvalue weighted by atomic mass is 35.5. The molecule has 0 aliphatic heterocycles. The SMILES string of the molecule is O=C(NC1CCCc2cc(C(O)C(=O)O)ccc21)c1ccc(Cl)c(Cl)c1. The Morgan fingerprint density at radius 2 is 1.88 bits per heavy atom. The van der Waals surface area contributed by atoms with E-state index in [1.807, 2.05) is 0 Å². The fraction of sp³-hybridized carbons (Fsp3) is 0.263. The first-order valence-electron chi connectivity index (χ1n) is 8.16. The number of aliphatic hydroxyl groups excluding tert-OH is 1. The number of halogens is 2. The van der Waals surface area contributed by atoms with Crippen LogP contribution in [0.1, 0.15) is 52.0 Å². The van der Waals surface area contributed by atoms with Gasteiger partial charge in [-0.1, -0.05) is 41.4 Å². The van der Waals surface area contributed by atoms with Crippen LogP contribution in [0, 0.1) is 0 Å². The molecule has 0 saturated carbocycles. The topological polar surface area (TPSA) is 86.6 Å². The van der Waals surface area contributed by atoms with Crippen LogP contribution in [0.4, 0.5) is 0 Å². The molecular formula is C19H17Cl2NO4. The van der Waals surface area contributed by atoms with Crippen LogP contribution in [0.3, 0.4) is 0 Å². The number of carboxylic acid groups (broad SMARTS) is 1. The van der Waals surface area contributed by atoms with Crippen molar-refractivity contribution in [2.45, 2.75) is 31.4 Å². The number of benzene rings is 2. The molecule has 0 aromatic heterocycles. The van der Waals surface area contributed by atoms with Gasteiger partial charge in [0.15, 0.2) is 6.10 Å².